The minimum atomic E-state index is -0.504. The van der Waals surface area contributed by atoms with Crippen molar-refractivity contribution in [3.8, 4) is 11.8 Å². The number of aliphatic hydroxyl groups is 1. The lowest BCUT2D eigenvalue weighted by molar-refractivity contribution is 0.282. The number of aliphatic hydroxyl groups excluding tert-OH is 1. The fourth-order valence-corrected chi connectivity index (χ4v) is 1.16. The molecule has 0 fully saturated rings. The SMILES string of the molecule is COc1ccccc1C(C#N)CO. The van der Waals surface area contributed by atoms with Gasteiger partial charge in [0, 0.05) is 5.56 Å². The summed E-state index contributed by atoms with van der Waals surface area (Å²) in [6.07, 6.45) is 0. The summed E-state index contributed by atoms with van der Waals surface area (Å²) >= 11 is 0. The number of para-hydroxylation sites is 1. The van der Waals surface area contributed by atoms with Gasteiger partial charge in [0.05, 0.1) is 25.7 Å². The van der Waals surface area contributed by atoms with Gasteiger partial charge in [-0.2, -0.15) is 5.26 Å². The molecule has 0 bridgehead atoms. The average Bonchev–Trinajstić information content (AvgIpc) is 2.20. The van der Waals surface area contributed by atoms with Crippen LogP contribution in [0.25, 0.3) is 0 Å². The van der Waals surface area contributed by atoms with Crippen LogP contribution in [0, 0.1) is 11.3 Å². The molecule has 1 unspecified atom stereocenters. The molecule has 0 aliphatic heterocycles. The van der Waals surface area contributed by atoms with Crippen LogP contribution in [0.3, 0.4) is 0 Å². The first-order valence-electron chi connectivity index (χ1n) is 3.97. The molecule has 3 heteroatoms. The summed E-state index contributed by atoms with van der Waals surface area (Å²) in [6.45, 7) is -0.184. The van der Waals surface area contributed by atoms with E-state index in [1.165, 1.54) is 0 Å². The lowest BCUT2D eigenvalue weighted by atomic mass is 10.0. The van der Waals surface area contributed by atoms with Gasteiger partial charge in [-0.1, -0.05) is 18.2 Å². The average molecular weight is 177 g/mol. The highest BCUT2D eigenvalue weighted by Gasteiger charge is 2.13. The van der Waals surface area contributed by atoms with Gasteiger partial charge < -0.3 is 9.84 Å². The number of methoxy groups -OCH3 is 1. The van der Waals surface area contributed by atoms with Gasteiger partial charge in [0.15, 0.2) is 0 Å². The van der Waals surface area contributed by atoms with E-state index in [1.807, 2.05) is 18.2 Å². The van der Waals surface area contributed by atoms with Crippen LogP contribution in [0.15, 0.2) is 24.3 Å². The maximum absolute atomic E-state index is 8.92. The minimum absolute atomic E-state index is 0.184. The zero-order valence-electron chi connectivity index (χ0n) is 7.40. The second kappa shape index (κ2) is 4.48. The molecule has 0 saturated heterocycles. The molecular weight excluding hydrogens is 166 g/mol. The molecule has 13 heavy (non-hydrogen) atoms. The van der Waals surface area contributed by atoms with E-state index in [4.69, 9.17) is 15.1 Å². The Hall–Kier alpha value is -1.53. The van der Waals surface area contributed by atoms with Crippen molar-refractivity contribution in [1.29, 1.82) is 5.26 Å². The fraction of sp³-hybridized carbons (Fsp3) is 0.300. The first-order chi connectivity index (χ1) is 6.33. The number of nitrogens with zero attached hydrogens (tertiary/aromatic N) is 1. The topological polar surface area (TPSA) is 53.2 Å². The zero-order chi connectivity index (χ0) is 9.68. The predicted octanol–water partition coefficient (Wildman–Crippen LogP) is 1.29. The van der Waals surface area contributed by atoms with Crippen LogP contribution >= 0.6 is 0 Å². The highest BCUT2D eigenvalue weighted by Crippen LogP contribution is 2.25. The Kier molecular flexibility index (Phi) is 3.30. The maximum atomic E-state index is 8.92. The van der Waals surface area contributed by atoms with Crippen molar-refractivity contribution >= 4 is 0 Å². The van der Waals surface area contributed by atoms with Crippen LogP contribution in [0.4, 0.5) is 0 Å². The largest absolute Gasteiger partial charge is 0.496 e. The monoisotopic (exact) mass is 177 g/mol. The van der Waals surface area contributed by atoms with Crippen LogP contribution in [0.2, 0.25) is 0 Å². The third kappa shape index (κ3) is 1.98. The number of rotatable bonds is 3. The van der Waals surface area contributed by atoms with Crippen molar-refractivity contribution in [3.63, 3.8) is 0 Å². The summed E-state index contributed by atoms with van der Waals surface area (Å²) in [4.78, 5) is 0. The first kappa shape index (κ1) is 9.56. The lowest BCUT2D eigenvalue weighted by Crippen LogP contribution is -2.03. The Balaban J connectivity index is 3.05. The van der Waals surface area contributed by atoms with E-state index in [0.717, 1.165) is 5.56 Å². The van der Waals surface area contributed by atoms with Gasteiger partial charge >= 0.3 is 0 Å². The number of benzene rings is 1. The molecule has 0 aromatic heterocycles. The van der Waals surface area contributed by atoms with Crippen molar-refractivity contribution in [2.75, 3.05) is 13.7 Å². The van der Waals surface area contributed by atoms with Crippen LogP contribution in [0.5, 0.6) is 5.75 Å². The molecule has 0 aliphatic carbocycles. The van der Waals surface area contributed by atoms with Gasteiger partial charge in [0.1, 0.15) is 5.75 Å². The number of hydrogen-bond donors (Lipinski definition) is 1. The smallest absolute Gasteiger partial charge is 0.123 e. The molecule has 1 aromatic rings. The summed E-state index contributed by atoms with van der Waals surface area (Å²) < 4.78 is 5.07. The Morgan fingerprint density at radius 2 is 2.23 bits per heavy atom. The van der Waals surface area contributed by atoms with Gasteiger partial charge in [-0.15, -0.1) is 0 Å². The molecule has 0 spiro atoms. The second-order valence-corrected chi connectivity index (χ2v) is 2.61. The van der Waals surface area contributed by atoms with Gasteiger partial charge in [-0.25, -0.2) is 0 Å². The maximum Gasteiger partial charge on any atom is 0.123 e. The van der Waals surface area contributed by atoms with Crippen LogP contribution in [0.1, 0.15) is 11.5 Å². The Labute approximate surface area is 77.2 Å². The second-order valence-electron chi connectivity index (χ2n) is 2.61. The molecule has 1 aromatic carbocycles. The predicted molar refractivity (Wildman–Crippen MR) is 48.4 cm³/mol. The number of ether oxygens (including phenoxy) is 1. The third-order valence-corrected chi connectivity index (χ3v) is 1.85. The standard InChI is InChI=1S/C10H11NO2/c1-13-10-5-3-2-4-9(10)8(6-11)7-12/h2-5,8,12H,7H2,1H3. The van der Waals surface area contributed by atoms with Crippen molar-refractivity contribution in [3.05, 3.63) is 29.8 Å². The highest BCUT2D eigenvalue weighted by atomic mass is 16.5. The molecule has 68 valence electrons. The van der Waals surface area contributed by atoms with Crippen LogP contribution in [-0.4, -0.2) is 18.8 Å². The molecule has 0 amide bonds. The molecule has 1 N–H and O–H groups in total. The Morgan fingerprint density at radius 3 is 2.77 bits per heavy atom. The van der Waals surface area contributed by atoms with E-state index >= 15 is 0 Å². The quantitative estimate of drug-likeness (QED) is 0.757. The summed E-state index contributed by atoms with van der Waals surface area (Å²) in [5, 5.41) is 17.7. The molecular formula is C10H11NO2. The zero-order valence-corrected chi connectivity index (χ0v) is 7.40. The molecule has 0 aliphatic rings. The van der Waals surface area contributed by atoms with Crippen LogP contribution in [-0.2, 0) is 0 Å². The van der Waals surface area contributed by atoms with Gasteiger partial charge in [-0.3, -0.25) is 0 Å². The van der Waals surface area contributed by atoms with E-state index in [2.05, 4.69) is 0 Å². The summed E-state index contributed by atoms with van der Waals surface area (Å²) in [6, 6.07) is 9.21. The van der Waals surface area contributed by atoms with E-state index in [-0.39, 0.29) is 6.61 Å². The van der Waals surface area contributed by atoms with Crippen molar-refractivity contribution in [2.24, 2.45) is 0 Å². The van der Waals surface area contributed by atoms with Crippen molar-refractivity contribution in [1.82, 2.24) is 0 Å². The van der Waals surface area contributed by atoms with E-state index < -0.39 is 5.92 Å². The summed E-state index contributed by atoms with van der Waals surface area (Å²) in [5.74, 6) is 0.138. The number of nitriles is 1. The van der Waals surface area contributed by atoms with E-state index in [1.54, 1.807) is 19.2 Å². The van der Waals surface area contributed by atoms with Crippen LogP contribution < -0.4 is 4.74 Å². The molecule has 1 atom stereocenters. The minimum Gasteiger partial charge on any atom is -0.496 e. The fourth-order valence-electron chi connectivity index (χ4n) is 1.16. The van der Waals surface area contributed by atoms with Gasteiger partial charge in [0.2, 0.25) is 0 Å². The first-order valence-corrected chi connectivity index (χ1v) is 3.97. The Morgan fingerprint density at radius 1 is 1.54 bits per heavy atom. The lowest BCUT2D eigenvalue weighted by Gasteiger charge is -2.10. The van der Waals surface area contributed by atoms with Gasteiger partial charge in [-0.05, 0) is 6.07 Å². The molecule has 0 radical (unpaired) electrons. The molecule has 0 saturated carbocycles. The number of hydrogen-bond acceptors (Lipinski definition) is 3. The molecule has 1 rings (SSSR count). The molecule has 0 heterocycles. The molecule has 3 nitrogen and oxygen atoms in total. The normalized spacial score (nSPS) is 11.8. The van der Waals surface area contributed by atoms with Gasteiger partial charge in [0.25, 0.3) is 0 Å². The summed E-state index contributed by atoms with van der Waals surface area (Å²) in [5.41, 5.74) is 0.731. The van der Waals surface area contributed by atoms with Crippen molar-refractivity contribution < 1.29 is 9.84 Å². The summed E-state index contributed by atoms with van der Waals surface area (Å²) in [7, 11) is 1.55. The third-order valence-electron chi connectivity index (χ3n) is 1.85. The van der Waals surface area contributed by atoms with E-state index in [0.29, 0.717) is 5.75 Å². The highest BCUT2D eigenvalue weighted by molar-refractivity contribution is 5.38. The Bertz CT molecular complexity index is 317. The van der Waals surface area contributed by atoms with Crippen molar-refractivity contribution in [2.45, 2.75) is 5.92 Å². The van der Waals surface area contributed by atoms with E-state index in [9.17, 15) is 0 Å².